The maximum Gasteiger partial charge on any atom is 0.321 e. The van der Waals surface area contributed by atoms with Crippen molar-refractivity contribution >= 4 is 17.7 Å². The molecule has 6 heteroatoms. The number of benzene rings is 1. The number of carbonyl (C=O) groups is 2. The Kier molecular flexibility index (Phi) is 5.38. The van der Waals surface area contributed by atoms with E-state index in [0.717, 1.165) is 11.3 Å². The Hall–Kier alpha value is -2.08. The van der Waals surface area contributed by atoms with Crippen molar-refractivity contribution in [2.45, 2.75) is 26.3 Å². The molecule has 1 aromatic rings. The largest absolute Gasteiger partial charge is 0.480 e. The van der Waals surface area contributed by atoms with E-state index in [1.807, 2.05) is 43.0 Å². The van der Waals surface area contributed by atoms with E-state index in [0.29, 0.717) is 32.6 Å². The molecule has 0 bridgehead atoms. The number of nitrogens with zero attached hydrogens (tertiary/aromatic N) is 2. The lowest BCUT2D eigenvalue weighted by Crippen LogP contribution is -2.54. The van der Waals surface area contributed by atoms with Crippen LogP contribution in [0.3, 0.4) is 0 Å². The quantitative estimate of drug-likeness (QED) is 0.892. The van der Waals surface area contributed by atoms with E-state index < -0.39 is 12.0 Å². The zero-order chi connectivity index (χ0) is 16.1. The minimum atomic E-state index is -0.792. The number of hydrogen-bond donors (Lipinski definition) is 2. The summed E-state index contributed by atoms with van der Waals surface area (Å²) in [6.07, 6.45) is 0.574. The summed E-state index contributed by atoms with van der Waals surface area (Å²) in [4.78, 5) is 27.1. The summed E-state index contributed by atoms with van der Waals surface area (Å²) in [6.45, 7) is 6.11. The number of carboxylic acid groups (broad SMARTS) is 1. The Morgan fingerprint density at radius 3 is 2.50 bits per heavy atom. The van der Waals surface area contributed by atoms with Gasteiger partial charge in [-0.2, -0.15) is 0 Å². The van der Waals surface area contributed by atoms with E-state index in [1.165, 1.54) is 0 Å². The van der Waals surface area contributed by atoms with Crippen molar-refractivity contribution in [1.82, 2.24) is 9.80 Å². The first-order valence-corrected chi connectivity index (χ1v) is 7.60. The number of hydrogen-bond acceptors (Lipinski definition) is 3. The van der Waals surface area contributed by atoms with Crippen LogP contribution in [0.2, 0.25) is 0 Å². The molecule has 2 N–H and O–H groups in total. The van der Waals surface area contributed by atoms with Crippen LogP contribution in [-0.4, -0.2) is 59.1 Å². The van der Waals surface area contributed by atoms with Crippen LogP contribution in [0, 0.1) is 6.92 Å². The van der Waals surface area contributed by atoms with Crippen molar-refractivity contribution in [3.63, 3.8) is 0 Å². The highest BCUT2D eigenvalue weighted by atomic mass is 16.4. The molecule has 0 saturated carbocycles. The third kappa shape index (κ3) is 3.98. The molecule has 2 rings (SSSR count). The highest BCUT2D eigenvalue weighted by Crippen LogP contribution is 2.13. The number of rotatable bonds is 4. The predicted molar refractivity (Wildman–Crippen MR) is 85.1 cm³/mol. The van der Waals surface area contributed by atoms with Crippen LogP contribution in [0.1, 0.15) is 18.9 Å². The number of anilines is 1. The van der Waals surface area contributed by atoms with Crippen LogP contribution >= 0.6 is 0 Å². The zero-order valence-corrected chi connectivity index (χ0v) is 13.1. The van der Waals surface area contributed by atoms with E-state index in [4.69, 9.17) is 0 Å². The minimum absolute atomic E-state index is 0.131. The van der Waals surface area contributed by atoms with Gasteiger partial charge in [-0.05, 0) is 31.0 Å². The maximum atomic E-state index is 12.2. The molecule has 6 nitrogen and oxygen atoms in total. The van der Waals surface area contributed by atoms with E-state index in [2.05, 4.69) is 5.32 Å². The van der Waals surface area contributed by atoms with Gasteiger partial charge in [-0.15, -0.1) is 0 Å². The summed E-state index contributed by atoms with van der Waals surface area (Å²) in [6, 6.07) is 7.08. The summed E-state index contributed by atoms with van der Waals surface area (Å²) in [5.41, 5.74) is 1.87. The smallest absolute Gasteiger partial charge is 0.321 e. The van der Waals surface area contributed by atoms with Gasteiger partial charge in [0.25, 0.3) is 0 Å². The molecule has 0 radical (unpaired) electrons. The van der Waals surface area contributed by atoms with E-state index >= 15 is 0 Å². The fraction of sp³-hybridized carbons (Fsp3) is 0.500. The topological polar surface area (TPSA) is 72.9 Å². The highest BCUT2D eigenvalue weighted by Gasteiger charge is 2.28. The molecule has 1 aliphatic rings. The molecule has 1 aromatic carbocycles. The number of aliphatic carboxylic acids is 1. The second kappa shape index (κ2) is 7.26. The van der Waals surface area contributed by atoms with Gasteiger partial charge in [0.05, 0.1) is 0 Å². The maximum absolute atomic E-state index is 12.2. The van der Waals surface area contributed by atoms with Crippen LogP contribution in [0.25, 0.3) is 0 Å². The Labute approximate surface area is 130 Å². The monoisotopic (exact) mass is 305 g/mol. The average Bonchev–Trinajstić information content (AvgIpc) is 2.48. The number of urea groups is 1. The predicted octanol–water partition coefficient (Wildman–Crippen LogP) is 2.01. The molecule has 0 spiro atoms. The van der Waals surface area contributed by atoms with Crippen molar-refractivity contribution in [3.8, 4) is 0 Å². The molecule has 0 aromatic heterocycles. The Morgan fingerprint density at radius 1 is 1.27 bits per heavy atom. The minimum Gasteiger partial charge on any atom is -0.480 e. The molecule has 0 unspecified atom stereocenters. The number of amides is 2. The van der Waals surface area contributed by atoms with Crippen LogP contribution in [-0.2, 0) is 4.79 Å². The van der Waals surface area contributed by atoms with Crippen LogP contribution in [0.5, 0.6) is 0 Å². The summed E-state index contributed by atoms with van der Waals surface area (Å²) in [5, 5.41) is 12.1. The van der Waals surface area contributed by atoms with Gasteiger partial charge in [0, 0.05) is 31.9 Å². The molecular formula is C16H23N3O3. The fourth-order valence-corrected chi connectivity index (χ4v) is 2.75. The second-order valence-corrected chi connectivity index (χ2v) is 5.58. The summed E-state index contributed by atoms with van der Waals surface area (Å²) in [7, 11) is 0. The third-order valence-electron chi connectivity index (χ3n) is 3.98. The third-order valence-corrected chi connectivity index (χ3v) is 3.98. The Balaban J connectivity index is 1.88. The molecule has 22 heavy (non-hydrogen) atoms. The van der Waals surface area contributed by atoms with Crippen LogP contribution < -0.4 is 5.32 Å². The van der Waals surface area contributed by atoms with Crippen LogP contribution in [0.15, 0.2) is 24.3 Å². The van der Waals surface area contributed by atoms with Gasteiger partial charge in [-0.1, -0.05) is 19.1 Å². The molecule has 1 saturated heterocycles. The number of carbonyl (C=O) groups excluding carboxylic acids is 1. The van der Waals surface area contributed by atoms with E-state index in [1.54, 1.807) is 4.90 Å². The lowest BCUT2D eigenvalue weighted by Gasteiger charge is -2.37. The average molecular weight is 305 g/mol. The van der Waals surface area contributed by atoms with Gasteiger partial charge in [-0.25, -0.2) is 4.79 Å². The molecule has 1 atom stereocenters. The molecule has 1 heterocycles. The van der Waals surface area contributed by atoms with Crippen molar-refractivity contribution in [1.29, 1.82) is 0 Å². The van der Waals surface area contributed by atoms with Gasteiger partial charge in [0.2, 0.25) is 0 Å². The van der Waals surface area contributed by atoms with Gasteiger partial charge in [-0.3, -0.25) is 9.69 Å². The molecule has 2 amide bonds. The number of carboxylic acids is 1. The van der Waals surface area contributed by atoms with Gasteiger partial charge >= 0.3 is 12.0 Å². The summed E-state index contributed by atoms with van der Waals surface area (Å²) in [5.74, 6) is -0.792. The fourth-order valence-electron chi connectivity index (χ4n) is 2.75. The molecular weight excluding hydrogens is 282 g/mol. The first-order chi connectivity index (χ1) is 10.5. The van der Waals surface area contributed by atoms with Crippen molar-refractivity contribution in [2.75, 3.05) is 31.5 Å². The number of nitrogens with one attached hydrogen (secondary N) is 1. The zero-order valence-electron chi connectivity index (χ0n) is 13.1. The highest BCUT2D eigenvalue weighted by molar-refractivity contribution is 5.89. The molecule has 0 aliphatic carbocycles. The van der Waals surface area contributed by atoms with Crippen molar-refractivity contribution in [2.24, 2.45) is 0 Å². The Bertz CT molecular complexity index is 539. The van der Waals surface area contributed by atoms with Crippen LogP contribution in [0.4, 0.5) is 10.5 Å². The summed E-state index contributed by atoms with van der Waals surface area (Å²) >= 11 is 0. The standard InChI is InChI=1S/C16H23N3O3/c1-3-14(15(20)21)18-7-9-19(10-8-18)16(22)17-13-6-4-5-12(2)11-13/h4-6,11,14H,3,7-10H2,1-2H3,(H,17,22)(H,20,21)/t14-/m1/s1. The van der Waals surface area contributed by atoms with Crippen molar-refractivity contribution < 1.29 is 14.7 Å². The molecule has 1 fully saturated rings. The lowest BCUT2D eigenvalue weighted by atomic mass is 10.1. The van der Waals surface area contributed by atoms with Gasteiger partial charge < -0.3 is 15.3 Å². The normalized spacial score (nSPS) is 17.1. The Morgan fingerprint density at radius 2 is 1.95 bits per heavy atom. The van der Waals surface area contributed by atoms with Crippen molar-refractivity contribution in [3.05, 3.63) is 29.8 Å². The molecule has 120 valence electrons. The molecule has 1 aliphatic heterocycles. The lowest BCUT2D eigenvalue weighted by molar-refractivity contribution is -0.144. The number of piperazine rings is 1. The first kappa shape index (κ1) is 16.3. The van der Waals surface area contributed by atoms with Gasteiger partial charge in [0.1, 0.15) is 6.04 Å². The first-order valence-electron chi connectivity index (χ1n) is 7.60. The number of aryl methyl sites for hydroxylation is 1. The van der Waals surface area contributed by atoms with E-state index in [-0.39, 0.29) is 6.03 Å². The van der Waals surface area contributed by atoms with E-state index in [9.17, 15) is 14.7 Å². The summed E-state index contributed by atoms with van der Waals surface area (Å²) < 4.78 is 0. The SMILES string of the molecule is CC[C@H](C(=O)O)N1CCN(C(=O)Nc2cccc(C)c2)CC1. The second-order valence-electron chi connectivity index (χ2n) is 5.58. The van der Waals surface area contributed by atoms with Gasteiger partial charge in [0.15, 0.2) is 0 Å².